The van der Waals surface area contributed by atoms with Gasteiger partial charge in [-0.2, -0.15) is 0 Å². The third-order valence-electron chi connectivity index (χ3n) is 5.18. The quantitative estimate of drug-likeness (QED) is 0.541. The number of halogens is 1. The van der Waals surface area contributed by atoms with Crippen LogP contribution in [-0.2, 0) is 9.53 Å². The molecule has 0 amide bonds. The molecule has 2 heterocycles. The highest BCUT2D eigenvalue weighted by molar-refractivity contribution is 7.07. The first kappa shape index (κ1) is 22.7. The number of carbonyl (C=O) groups is 1. The topological polar surface area (TPSA) is 69.9 Å². The number of allylic oxidation sites excluding steroid dienone is 1. The van der Waals surface area contributed by atoms with Crippen LogP contribution < -0.4 is 19.6 Å². The molecule has 170 valence electrons. The van der Waals surface area contributed by atoms with E-state index >= 15 is 0 Å². The lowest BCUT2D eigenvalue weighted by molar-refractivity contribution is -0.143. The van der Waals surface area contributed by atoms with Crippen molar-refractivity contribution in [2.75, 3.05) is 7.11 Å². The predicted molar refractivity (Wildman–Crippen MR) is 124 cm³/mol. The number of esters is 1. The molecule has 0 N–H and O–H groups in total. The Hall–Kier alpha value is -3.52. The smallest absolute Gasteiger partial charge is 0.338 e. The van der Waals surface area contributed by atoms with E-state index in [-0.39, 0.29) is 17.5 Å². The van der Waals surface area contributed by atoms with Crippen LogP contribution in [0.4, 0.5) is 4.39 Å². The average molecular weight is 467 g/mol. The van der Waals surface area contributed by atoms with Crippen molar-refractivity contribution in [1.82, 2.24) is 4.57 Å². The molecule has 1 aromatic heterocycles. The minimum absolute atomic E-state index is 0.286. The van der Waals surface area contributed by atoms with Crippen molar-refractivity contribution < 1.29 is 18.7 Å². The highest BCUT2D eigenvalue weighted by Crippen LogP contribution is 2.31. The molecule has 0 saturated heterocycles. The van der Waals surface area contributed by atoms with Gasteiger partial charge in [0.1, 0.15) is 11.6 Å². The van der Waals surface area contributed by atoms with Gasteiger partial charge >= 0.3 is 5.97 Å². The summed E-state index contributed by atoms with van der Waals surface area (Å²) in [6.45, 7) is 5.28. The first-order valence-corrected chi connectivity index (χ1v) is 11.2. The minimum atomic E-state index is -0.700. The van der Waals surface area contributed by atoms with Crippen molar-refractivity contribution in [2.24, 2.45) is 4.99 Å². The van der Waals surface area contributed by atoms with Crippen molar-refractivity contribution in [2.45, 2.75) is 32.9 Å². The zero-order valence-electron chi connectivity index (χ0n) is 18.7. The van der Waals surface area contributed by atoms with E-state index in [2.05, 4.69) is 4.99 Å². The fraction of sp³-hybridized carbons (Fsp3) is 0.240. The Balaban J connectivity index is 1.92. The van der Waals surface area contributed by atoms with Gasteiger partial charge in [0.2, 0.25) is 0 Å². The predicted octanol–water partition coefficient (Wildman–Crippen LogP) is 3.33. The summed E-state index contributed by atoms with van der Waals surface area (Å²) in [4.78, 5) is 31.6. The Labute approximate surface area is 193 Å². The lowest BCUT2D eigenvalue weighted by Crippen LogP contribution is -2.40. The highest BCUT2D eigenvalue weighted by atomic mass is 32.1. The Morgan fingerprint density at radius 3 is 2.42 bits per heavy atom. The molecule has 1 unspecified atom stereocenters. The van der Waals surface area contributed by atoms with Crippen molar-refractivity contribution in [3.05, 3.63) is 96.4 Å². The number of methoxy groups -OCH3 is 1. The van der Waals surface area contributed by atoms with E-state index in [0.717, 1.165) is 5.56 Å². The summed E-state index contributed by atoms with van der Waals surface area (Å²) >= 11 is 1.22. The Morgan fingerprint density at radius 2 is 1.82 bits per heavy atom. The van der Waals surface area contributed by atoms with Crippen LogP contribution in [-0.4, -0.2) is 23.8 Å². The second kappa shape index (κ2) is 9.15. The molecule has 0 saturated carbocycles. The van der Waals surface area contributed by atoms with Crippen LogP contribution >= 0.6 is 11.3 Å². The van der Waals surface area contributed by atoms with Crippen LogP contribution in [0.2, 0.25) is 0 Å². The second-order valence-corrected chi connectivity index (χ2v) is 8.87. The van der Waals surface area contributed by atoms with E-state index in [1.165, 1.54) is 28.0 Å². The van der Waals surface area contributed by atoms with Crippen LogP contribution in [0.15, 0.2) is 69.6 Å². The molecule has 0 spiro atoms. The number of aromatic nitrogens is 1. The number of carbonyl (C=O) groups excluding carboxylic acids is 1. The number of ether oxygens (including phenoxy) is 2. The van der Waals surface area contributed by atoms with Gasteiger partial charge in [-0.3, -0.25) is 9.36 Å². The first-order valence-electron chi connectivity index (χ1n) is 10.4. The number of thiazole rings is 1. The molecule has 3 aromatic rings. The largest absolute Gasteiger partial charge is 0.497 e. The molecule has 2 aromatic carbocycles. The van der Waals surface area contributed by atoms with Gasteiger partial charge in [-0.1, -0.05) is 35.6 Å². The maximum Gasteiger partial charge on any atom is 0.338 e. The number of rotatable bonds is 5. The van der Waals surface area contributed by atoms with E-state index in [1.54, 1.807) is 58.2 Å². The molecule has 0 bridgehead atoms. The minimum Gasteiger partial charge on any atom is -0.497 e. The maximum absolute atomic E-state index is 13.5. The first-order chi connectivity index (χ1) is 15.8. The molecule has 1 aliphatic heterocycles. The van der Waals surface area contributed by atoms with Gasteiger partial charge in [0.05, 0.1) is 35.1 Å². The van der Waals surface area contributed by atoms with Crippen molar-refractivity contribution >= 4 is 23.4 Å². The summed E-state index contributed by atoms with van der Waals surface area (Å²) in [6, 6.07) is 12.4. The molecule has 0 fully saturated rings. The summed E-state index contributed by atoms with van der Waals surface area (Å²) in [7, 11) is 1.57. The molecular weight excluding hydrogens is 443 g/mol. The van der Waals surface area contributed by atoms with Gasteiger partial charge in [-0.25, -0.2) is 14.2 Å². The normalized spacial score (nSPS) is 15.9. The lowest BCUT2D eigenvalue weighted by Gasteiger charge is -2.25. The fourth-order valence-corrected chi connectivity index (χ4v) is 4.72. The van der Waals surface area contributed by atoms with E-state index in [4.69, 9.17) is 9.47 Å². The SMILES string of the molecule is COc1ccc(C2C(C(=O)OC(C)C)=C(C)N=c3sc(=Cc4ccc(F)cc4)c(=O)n32)cc1. The highest BCUT2D eigenvalue weighted by Gasteiger charge is 2.33. The second-order valence-electron chi connectivity index (χ2n) is 7.86. The third-order valence-corrected chi connectivity index (χ3v) is 6.17. The van der Waals surface area contributed by atoms with Crippen LogP contribution in [0.5, 0.6) is 5.75 Å². The van der Waals surface area contributed by atoms with E-state index < -0.39 is 12.0 Å². The zero-order valence-corrected chi connectivity index (χ0v) is 19.5. The lowest BCUT2D eigenvalue weighted by atomic mass is 9.96. The Kier molecular flexibility index (Phi) is 6.29. The number of fused-ring (bicyclic) bond motifs is 1. The van der Waals surface area contributed by atoms with E-state index in [0.29, 0.717) is 31.9 Å². The van der Waals surface area contributed by atoms with Gasteiger partial charge in [-0.15, -0.1) is 0 Å². The third kappa shape index (κ3) is 4.52. The van der Waals surface area contributed by atoms with E-state index in [1.807, 2.05) is 12.1 Å². The Bertz CT molecular complexity index is 1400. The van der Waals surface area contributed by atoms with Gasteiger partial charge in [-0.05, 0) is 62.2 Å². The van der Waals surface area contributed by atoms with Crippen LogP contribution in [0.3, 0.4) is 0 Å². The van der Waals surface area contributed by atoms with Gasteiger partial charge < -0.3 is 9.47 Å². The molecule has 33 heavy (non-hydrogen) atoms. The van der Waals surface area contributed by atoms with Crippen molar-refractivity contribution in [1.29, 1.82) is 0 Å². The molecule has 0 aliphatic carbocycles. The number of hydrogen-bond donors (Lipinski definition) is 0. The van der Waals surface area contributed by atoms with Crippen LogP contribution in [0, 0.1) is 5.82 Å². The van der Waals surface area contributed by atoms with Crippen LogP contribution in [0.25, 0.3) is 6.08 Å². The van der Waals surface area contributed by atoms with Crippen molar-refractivity contribution in [3.8, 4) is 5.75 Å². The number of benzene rings is 2. The molecule has 1 aliphatic rings. The molecule has 6 nitrogen and oxygen atoms in total. The van der Waals surface area contributed by atoms with Gasteiger partial charge in [0.15, 0.2) is 4.80 Å². The molecule has 4 rings (SSSR count). The molecular formula is C25H23FN2O4S. The summed E-state index contributed by atoms with van der Waals surface area (Å²) in [5.74, 6) is -0.202. The maximum atomic E-state index is 13.5. The molecule has 8 heteroatoms. The monoisotopic (exact) mass is 466 g/mol. The fourth-order valence-electron chi connectivity index (χ4n) is 3.67. The summed E-state index contributed by atoms with van der Waals surface area (Å²) < 4.78 is 26.0. The van der Waals surface area contributed by atoms with Gasteiger partial charge in [0.25, 0.3) is 5.56 Å². The zero-order chi connectivity index (χ0) is 23.7. The summed E-state index contributed by atoms with van der Waals surface area (Å²) in [5.41, 5.74) is 1.95. The van der Waals surface area contributed by atoms with Crippen LogP contribution in [0.1, 0.15) is 37.9 Å². The molecule has 0 radical (unpaired) electrons. The number of nitrogens with zero attached hydrogens (tertiary/aromatic N) is 2. The van der Waals surface area contributed by atoms with Gasteiger partial charge in [0, 0.05) is 0 Å². The summed E-state index contributed by atoms with van der Waals surface area (Å²) in [5, 5.41) is 0. The standard InChI is InChI=1S/C25H23FN2O4S/c1-14(2)32-24(30)21-15(3)27-25-28(22(21)17-7-11-19(31-4)12-8-17)23(29)20(33-25)13-16-5-9-18(26)10-6-16/h5-14,22H,1-4H3. The average Bonchev–Trinajstić information content (AvgIpc) is 3.08. The Morgan fingerprint density at radius 1 is 1.15 bits per heavy atom. The van der Waals surface area contributed by atoms with E-state index in [9.17, 15) is 14.0 Å². The molecule has 1 atom stereocenters. The number of hydrogen-bond acceptors (Lipinski definition) is 6. The summed E-state index contributed by atoms with van der Waals surface area (Å²) in [6.07, 6.45) is 1.37. The van der Waals surface area contributed by atoms with Crippen molar-refractivity contribution in [3.63, 3.8) is 0 Å².